The van der Waals surface area contributed by atoms with Crippen LogP contribution in [0.4, 0.5) is 0 Å². The highest BCUT2D eigenvalue weighted by Crippen LogP contribution is 2.48. The van der Waals surface area contributed by atoms with Crippen molar-refractivity contribution in [3.8, 4) is 0 Å². The fourth-order valence-corrected chi connectivity index (χ4v) is 3.07. The molecule has 2 rings (SSSR count). The maximum atomic E-state index is 10.5. The second-order valence-corrected chi connectivity index (χ2v) is 5.79. The molecule has 0 heterocycles. The van der Waals surface area contributed by atoms with Gasteiger partial charge in [0.25, 0.3) is 0 Å². The SMILES string of the molecule is Cc1ccccc1C(O)C1CCCC1(C)C. The van der Waals surface area contributed by atoms with E-state index in [0.717, 1.165) is 12.0 Å². The molecule has 0 radical (unpaired) electrons. The van der Waals surface area contributed by atoms with Gasteiger partial charge in [0.15, 0.2) is 0 Å². The molecule has 1 saturated carbocycles. The molecule has 1 heteroatoms. The Morgan fingerprint density at radius 3 is 2.56 bits per heavy atom. The monoisotopic (exact) mass is 218 g/mol. The molecule has 0 aromatic heterocycles. The Hall–Kier alpha value is -0.820. The first-order chi connectivity index (χ1) is 7.52. The van der Waals surface area contributed by atoms with Crippen LogP contribution in [0, 0.1) is 18.3 Å². The van der Waals surface area contributed by atoms with E-state index < -0.39 is 0 Å². The second-order valence-electron chi connectivity index (χ2n) is 5.79. The molecule has 88 valence electrons. The molecule has 0 amide bonds. The van der Waals surface area contributed by atoms with E-state index in [2.05, 4.69) is 32.9 Å². The van der Waals surface area contributed by atoms with Crippen molar-refractivity contribution in [2.45, 2.75) is 46.1 Å². The standard InChI is InChI=1S/C15H22O/c1-11-7-4-5-8-12(11)14(16)13-9-6-10-15(13,2)3/h4-5,7-8,13-14,16H,6,9-10H2,1-3H3. The maximum absolute atomic E-state index is 10.5. The normalized spacial score (nSPS) is 25.6. The van der Waals surface area contributed by atoms with Gasteiger partial charge in [-0.25, -0.2) is 0 Å². The quantitative estimate of drug-likeness (QED) is 0.799. The van der Waals surface area contributed by atoms with Crippen LogP contribution in [0.3, 0.4) is 0 Å². The zero-order chi connectivity index (χ0) is 11.8. The Labute approximate surface area is 98.5 Å². The summed E-state index contributed by atoms with van der Waals surface area (Å²) in [7, 11) is 0. The molecular formula is C15H22O. The van der Waals surface area contributed by atoms with E-state index >= 15 is 0 Å². The molecular weight excluding hydrogens is 196 g/mol. The molecule has 1 aliphatic carbocycles. The number of benzene rings is 1. The fraction of sp³-hybridized carbons (Fsp3) is 0.600. The van der Waals surface area contributed by atoms with E-state index in [4.69, 9.17) is 0 Å². The van der Waals surface area contributed by atoms with Gasteiger partial charge in [-0.05, 0) is 42.2 Å². The van der Waals surface area contributed by atoms with Crippen molar-refractivity contribution in [2.75, 3.05) is 0 Å². The maximum Gasteiger partial charge on any atom is 0.0825 e. The van der Waals surface area contributed by atoms with Crippen molar-refractivity contribution in [1.82, 2.24) is 0 Å². The van der Waals surface area contributed by atoms with Gasteiger partial charge < -0.3 is 5.11 Å². The minimum absolute atomic E-state index is 0.279. The lowest BCUT2D eigenvalue weighted by Gasteiger charge is -2.32. The summed E-state index contributed by atoms with van der Waals surface area (Å²) in [6.07, 6.45) is 3.35. The summed E-state index contributed by atoms with van der Waals surface area (Å²) in [5, 5.41) is 10.5. The zero-order valence-corrected chi connectivity index (χ0v) is 10.5. The summed E-state index contributed by atoms with van der Waals surface area (Å²) >= 11 is 0. The van der Waals surface area contributed by atoms with Gasteiger partial charge in [0.2, 0.25) is 0 Å². The Bertz CT molecular complexity index is 367. The van der Waals surface area contributed by atoms with Gasteiger partial charge in [-0.15, -0.1) is 0 Å². The first kappa shape index (κ1) is 11.7. The third kappa shape index (κ3) is 2.01. The molecule has 1 aliphatic rings. The smallest absolute Gasteiger partial charge is 0.0825 e. The minimum Gasteiger partial charge on any atom is -0.388 e. The van der Waals surface area contributed by atoms with Gasteiger partial charge in [0, 0.05) is 0 Å². The number of hydrogen-bond acceptors (Lipinski definition) is 1. The summed E-state index contributed by atoms with van der Waals surface area (Å²) in [6.45, 7) is 6.65. The first-order valence-electron chi connectivity index (χ1n) is 6.26. The number of aliphatic hydroxyl groups excluding tert-OH is 1. The predicted octanol–water partition coefficient (Wildman–Crippen LogP) is 3.85. The summed E-state index contributed by atoms with van der Waals surface area (Å²) in [5.41, 5.74) is 2.60. The summed E-state index contributed by atoms with van der Waals surface area (Å²) in [6, 6.07) is 8.20. The van der Waals surface area contributed by atoms with Crippen molar-refractivity contribution in [3.05, 3.63) is 35.4 Å². The molecule has 0 spiro atoms. The van der Waals surface area contributed by atoms with Crippen LogP contribution in [0.5, 0.6) is 0 Å². The molecule has 1 aromatic carbocycles. The molecule has 2 atom stereocenters. The molecule has 1 N–H and O–H groups in total. The van der Waals surface area contributed by atoms with Gasteiger partial charge in [0.1, 0.15) is 0 Å². The van der Waals surface area contributed by atoms with Gasteiger partial charge >= 0.3 is 0 Å². The van der Waals surface area contributed by atoms with Crippen LogP contribution >= 0.6 is 0 Å². The predicted molar refractivity (Wildman–Crippen MR) is 67.3 cm³/mol. The van der Waals surface area contributed by atoms with Gasteiger partial charge in [-0.1, -0.05) is 44.5 Å². The molecule has 1 fully saturated rings. The number of hydrogen-bond donors (Lipinski definition) is 1. The van der Waals surface area contributed by atoms with E-state index in [0.29, 0.717) is 5.92 Å². The zero-order valence-electron chi connectivity index (χ0n) is 10.5. The minimum atomic E-state index is -0.293. The highest BCUT2D eigenvalue weighted by molar-refractivity contribution is 5.28. The van der Waals surface area contributed by atoms with Gasteiger partial charge in [-0.2, -0.15) is 0 Å². The Balaban J connectivity index is 2.26. The lowest BCUT2D eigenvalue weighted by molar-refractivity contribution is 0.0527. The third-order valence-corrected chi connectivity index (χ3v) is 4.23. The molecule has 0 saturated heterocycles. The third-order valence-electron chi connectivity index (χ3n) is 4.23. The summed E-state index contributed by atoms with van der Waals surface area (Å²) in [4.78, 5) is 0. The van der Waals surface area contributed by atoms with Gasteiger partial charge in [0.05, 0.1) is 6.10 Å². The molecule has 1 aromatic rings. The van der Waals surface area contributed by atoms with Crippen LogP contribution in [0.15, 0.2) is 24.3 Å². The van der Waals surface area contributed by atoms with Crippen LogP contribution in [0.1, 0.15) is 50.3 Å². The van der Waals surface area contributed by atoms with E-state index in [1.165, 1.54) is 18.4 Å². The van der Waals surface area contributed by atoms with E-state index in [1.54, 1.807) is 0 Å². The fourth-order valence-electron chi connectivity index (χ4n) is 3.07. The first-order valence-corrected chi connectivity index (χ1v) is 6.26. The highest BCUT2D eigenvalue weighted by Gasteiger charge is 2.39. The van der Waals surface area contributed by atoms with E-state index in [1.807, 2.05) is 12.1 Å². The molecule has 1 nitrogen and oxygen atoms in total. The molecule has 0 bridgehead atoms. The second kappa shape index (κ2) is 4.21. The van der Waals surface area contributed by atoms with Crippen molar-refractivity contribution in [3.63, 3.8) is 0 Å². The number of aryl methyl sites for hydroxylation is 1. The average Bonchev–Trinajstić information content (AvgIpc) is 2.58. The molecule has 16 heavy (non-hydrogen) atoms. The number of rotatable bonds is 2. The van der Waals surface area contributed by atoms with Gasteiger partial charge in [-0.3, -0.25) is 0 Å². The van der Waals surface area contributed by atoms with Crippen LogP contribution in [0.25, 0.3) is 0 Å². The van der Waals surface area contributed by atoms with Crippen LogP contribution < -0.4 is 0 Å². The Morgan fingerprint density at radius 2 is 2.00 bits per heavy atom. The van der Waals surface area contributed by atoms with Crippen LogP contribution in [-0.4, -0.2) is 5.11 Å². The lowest BCUT2D eigenvalue weighted by Crippen LogP contribution is -2.24. The Morgan fingerprint density at radius 1 is 1.31 bits per heavy atom. The lowest BCUT2D eigenvalue weighted by atomic mass is 9.76. The molecule has 2 unspecified atom stereocenters. The van der Waals surface area contributed by atoms with Crippen molar-refractivity contribution in [2.24, 2.45) is 11.3 Å². The van der Waals surface area contributed by atoms with Crippen molar-refractivity contribution < 1.29 is 5.11 Å². The van der Waals surface area contributed by atoms with Crippen LogP contribution in [0.2, 0.25) is 0 Å². The summed E-state index contributed by atoms with van der Waals surface area (Å²) in [5.74, 6) is 0.411. The van der Waals surface area contributed by atoms with Crippen LogP contribution in [-0.2, 0) is 0 Å². The Kier molecular flexibility index (Phi) is 3.07. The van der Waals surface area contributed by atoms with Crippen molar-refractivity contribution >= 4 is 0 Å². The van der Waals surface area contributed by atoms with E-state index in [9.17, 15) is 5.11 Å². The van der Waals surface area contributed by atoms with Crippen molar-refractivity contribution in [1.29, 1.82) is 0 Å². The average molecular weight is 218 g/mol. The molecule has 0 aliphatic heterocycles. The number of aliphatic hydroxyl groups is 1. The topological polar surface area (TPSA) is 20.2 Å². The summed E-state index contributed by atoms with van der Waals surface area (Å²) < 4.78 is 0. The van der Waals surface area contributed by atoms with E-state index in [-0.39, 0.29) is 11.5 Å². The highest BCUT2D eigenvalue weighted by atomic mass is 16.3. The largest absolute Gasteiger partial charge is 0.388 e.